The first-order valence-corrected chi connectivity index (χ1v) is 10.7. The molecule has 0 bridgehead atoms. The summed E-state index contributed by atoms with van der Waals surface area (Å²) in [6, 6.07) is 1.53. The average molecular weight is 473 g/mol. The zero-order valence-corrected chi connectivity index (χ0v) is 18.6. The van der Waals surface area contributed by atoms with Gasteiger partial charge in [-0.05, 0) is 55.5 Å². The number of carbonyl (C=O) groups is 2. The Labute approximate surface area is 188 Å². The van der Waals surface area contributed by atoms with Gasteiger partial charge in [0.05, 0.1) is 13.7 Å². The maximum atomic E-state index is 14.0. The van der Waals surface area contributed by atoms with E-state index in [2.05, 4.69) is 20.3 Å². The summed E-state index contributed by atoms with van der Waals surface area (Å²) in [4.78, 5) is 24.3. The Morgan fingerprint density at radius 2 is 1.91 bits per heavy atom. The van der Waals surface area contributed by atoms with Crippen molar-refractivity contribution in [1.29, 1.82) is 0 Å². The van der Waals surface area contributed by atoms with E-state index in [0.717, 1.165) is 43.7 Å². The SMILES string of the molecule is COC(=O)c1c(OCc2cc(F)c(C)cc2F)nsc1NC(=O)NCCCCNCCO. The quantitative estimate of drug-likeness (QED) is 0.277. The number of anilines is 1. The highest BCUT2D eigenvalue weighted by atomic mass is 32.1. The van der Waals surface area contributed by atoms with E-state index in [-0.39, 0.29) is 40.8 Å². The molecule has 1 aromatic carbocycles. The third kappa shape index (κ3) is 7.39. The lowest BCUT2D eigenvalue weighted by Gasteiger charge is -2.09. The number of aliphatic hydroxyl groups excluding tert-OH is 1. The van der Waals surface area contributed by atoms with Crippen LogP contribution in [0.15, 0.2) is 12.1 Å². The van der Waals surface area contributed by atoms with E-state index < -0.39 is 23.6 Å². The number of unbranched alkanes of at least 4 members (excludes halogenated alkanes) is 1. The van der Waals surface area contributed by atoms with Gasteiger partial charge in [0.1, 0.15) is 23.2 Å². The van der Waals surface area contributed by atoms with Crippen molar-refractivity contribution >= 4 is 28.5 Å². The second-order valence-corrected chi connectivity index (χ2v) is 7.50. The molecular weight excluding hydrogens is 446 g/mol. The van der Waals surface area contributed by atoms with E-state index in [4.69, 9.17) is 14.6 Å². The molecule has 4 N–H and O–H groups in total. The monoisotopic (exact) mass is 472 g/mol. The van der Waals surface area contributed by atoms with E-state index in [1.807, 2.05) is 0 Å². The molecule has 0 saturated carbocycles. The summed E-state index contributed by atoms with van der Waals surface area (Å²) in [5.74, 6) is -2.19. The molecule has 0 unspecified atom stereocenters. The van der Waals surface area contributed by atoms with E-state index in [9.17, 15) is 18.4 Å². The maximum absolute atomic E-state index is 14.0. The molecule has 1 heterocycles. The number of nitrogens with one attached hydrogen (secondary N) is 3. The zero-order chi connectivity index (χ0) is 23.5. The molecule has 0 aliphatic heterocycles. The predicted octanol–water partition coefficient (Wildman–Crippen LogP) is 2.58. The lowest BCUT2D eigenvalue weighted by atomic mass is 10.1. The van der Waals surface area contributed by atoms with Gasteiger partial charge in [-0.15, -0.1) is 0 Å². The molecule has 0 saturated heterocycles. The Morgan fingerprint density at radius 1 is 1.16 bits per heavy atom. The first-order valence-electron chi connectivity index (χ1n) is 9.89. The number of aryl methyl sites for hydroxylation is 1. The lowest BCUT2D eigenvalue weighted by molar-refractivity contribution is 0.0596. The molecule has 32 heavy (non-hydrogen) atoms. The van der Waals surface area contributed by atoms with Crippen LogP contribution in [0.4, 0.5) is 18.6 Å². The van der Waals surface area contributed by atoms with Crippen LogP contribution in [0.3, 0.4) is 0 Å². The minimum atomic E-state index is -0.797. The van der Waals surface area contributed by atoms with Gasteiger partial charge in [0.15, 0.2) is 5.56 Å². The molecule has 0 fully saturated rings. The molecule has 9 nitrogen and oxygen atoms in total. The van der Waals surface area contributed by atoms with Gasteiger partial charge >= 0.3 is 12.0 Å². The lowest BCUT2D eigenvalue weighted by Crippen LogP contribution is -2.30. The predicted molar refractivity (Wildman–Crippen MR) is 115 cm³/mol. The van der Waals surface area contributed by atoms with Gasteiger partial charge in [-0.2, -0.15) is 4.37 Å². The van der Waals surface area contributed by atoms with Crippen molar-refractivity contribution in [3.05, 3.63) is 40.5 Å². The van der Waals surface area contributed by atoms with Crippen molar-refractivity contribution in [3.63, 3.8) is 0 Å². The number of nitrogens with zero attached hydrogens (tertiary/aromatic N) is 1. The molecule has 2 rings (SSSR count). The summed E-state index contributed by atoms with van der Waals surface area (Å²) in [5, 5.41) is 17.0. The second-order valence-electron chi connectivity index (χ2n) is 6.73. The highest BCUT2D eigenvalue weighted by Gasteiger charge is 2.25. The summed E-state index contributed by atoms with van der Waals surface area (Å²) in [6.45, 7) is 2.78. The molecule has 0 spiro atoms. The number of aromatic nitrogens is 1. The number of rotatable bonds is 12. The van der Waals surface area contributed by atoms with E-state index in [1.54, 1.807) is 0 Å². The number of halogens is 2. The highest BCUT2D eigenvalue weighted by molar-refractivity contribution is 7.11. The number of methoxy groups -OCH3 is 1. The van der Waals surface area contributed by atoms with Crippen molar-refractivity contribution in [1.82, 2.24) is 15.0 Å². The number of hydrogen-bond acceptors (Lipinski definition) is 8. The van der Waals surface area contributed by atoms with Crippen molar-refractivity contribution in [2.24, 2.45) is 0 Å². The Balaban J connectivity index is 1.97. The van der Waals surface area contributed by atoms with Crippen molar-refractivity contribution in [3.8, 4) is 5.88 Å². The van der Waals surface area contributed by atoms with Crippen LogP contribution in [0, 0.1) is 18.6 Å². The van der Waals surface area contributed by atoms with Crippen molar-refractivity contribution in [2.75, 3.05) is 38.7 Å². The van der Waals surface area contributed by atoms with Crippen molar-refractivity contribution in [2.45, 2.75) is 26.4 Å². The molecular formula is C20H26F2N4O5S. The average Bonchev–Trinajstić information content (AvgIpc) is 3.16. The number of carbonyl (C=O) groups excluding carboxylic acids is 2. The fourth-order valence-electron chi connectivity index (χ4n) is 2.61. The number of urea groups is 1. The fraction of sp³-hybridized carbons (Fsp3) is 0.450. The minimum absolute atomic E-state index is 0.0438. The molecule has 2 amide bonds. The minimum Gasteiger partial charge on any atom is -0.471 e. The molecule has 2 aromatic rings. The smallest absolute Gasteiger partial charge is 0.346 e. The van der Waals surface area contributed by atoms with Crippen molar-refractivity contribution < 1.29 is 33.0 Å². The third-order valence-electron chi connectivity index (χ3n) is 4.32. The van der Waals surface area contributed by atoms with E-state index in [1.165, 1.54) is 6.92 Å². The van der Waals surface area contributed by atoms with Crippen LogP contribution in [-0.2, 0) is 11.3 Å². The largest absolute Gasteiger partial charge is 0.471 e. The van der Waals surface area contributed by atoms with Gasteiger partial charge in [-0.25, -0.2) is 18.4 Å². The Hall–Kier alpha value is -2.83. The number of aliphatic hydroxyl groups is 1. The first kappa shape index (κ1) is 25.4. The number of benzene rings is 1. The standard InChI is InChI=1S/C20H26F2N4O5S/c1-12-9-15(22)13(10-14(12)21)11-31-17-16(19(28)30-2)18(32-26-17)25-20(29)24-6-4-3-5-23-7-8-27/h9-10,23,27H,3-8,11H2,1-2H3,(H2,24,25,29). The molecule has 0 radical (unpaired) electrons. The van der Waals surface area contributed by atoms with Crippen LogP contribution < -0.4 is 20.7 Å². The topological polar surface area (TPSA) is 122 Å². The zero-order valence-electron chi connectivity index (χ0n) is 17.8. The van der Waals surface area contributed by atoms with Gasteiger partial charge in [0, 0.05) is 18.7 Å². The van der Waals surface area contributed by atoms with Crippen LogP contribution in [0.1, 0.15) is 34.3 Å². The van der Waals surface area contributed by atoms with Gasteiger partial charge in [-0.3, -0.25) is 5.32 Å². The van der Waals surface area contributed by atoms with Gasteiger partial charge in [0.25, 0.3) is 0 Å². The second kappa shape index (κ2) is 12.9. The van der Waals surface area contributed by atoms with Crippen LogP contribution >= 0.6 is 11.5 Å². The summed E-state index contributed by atoms with van der Waals surface area (Å²) < 4.78 is 41.9. The Morgan fingerprint density at radius 3 is 2.62 bits per heavy atom. The number of hydrogen-bond donors (Lipinski definition) is 4. The number of amides is 2. The van der Waals surface area contributed by atoms with Gasteiger partial charge in [0.2, 0.25) is 5.88 Å². The number of esters is 1. The highest BCUT2D eigenvalue weighted by Crippen LogP contribution is 2.32. The molecule has 0 atom stereocenters. The van der Waals surface area contributed by atoms with E-state index in [0.29, 0.717) is 19.5 Å². The normalized spacial score (nSPS) is 10.7. The van der Waals surface area contributed by atoms with E-state index >= 15 is 0 Å². The summed E-state index contributed by atoms with van der Waals surface area (Å²) >= 11 is 0.797. The number of ether oxygens (including phenoxy) is 2. The van der Waals surface area contributed by atoms with Gasteiger partial charge in [-0.1, -0.05) is 0 Å². The van der Waals surface area contributed by atoms with Gasteiger partial charge < -0.3 is 25.2 Å². The summed E-state index contributed by atoms with van der Waals surface area (Å²) in [6.07, 6.45) is 1.52. The Bertz CT molecular complexity index is 926. The summed E-state index contributed by atoms with van der Waals surface area (Å²) in [7, 11) is 1.16. The third-order valence-corrected chi connectivity index (χ3v) is 5.07. The Kier molecular flexibility index (Phi) is 10.2. The molecule has 0 aliphatic rings. The summed E-state index contributed by atoms with van der Waals surface area (Å²) in [5.41, 5.74) is 0.000529. The molecule has 12 heteroatoms. The van der Waals surface area contributed by atoms with Crippen LogP contribution in [0.2, 0.25) is 0 Å². The van der Waals surface area contributed by atoms with Crippen LogP contribution in [0.5, 0.6) is 5.88 Å². The fourth-order valence-corrected chi connectivity index (χ4v) is 3.33. The molecule has 176 valence electrons. The van der Waals surface area contributed by atoms with Crippen LogP contribution in [-0.4, -0.2) is 54.8 Å². The molecule has 1 aromatic heterocycles. The van der Waals surface area contributed by atoms with Crippen LogP contribution in [0.25, 0.3) is 0 Å². The molecule has 0 aliphatic carbocycles. The first-order chi connectivity index (χ1) is 15.4. The maximum Gasteiger partial charge on any atom is 0.346 e.